The molecule has 3 aromatic rings. The maximum atomic E-state index is 10.1. The molecule has 1 N–H and O–H groups in total. The smallest absolute Gasteiger partial charge is 0.464 e. The first-order valence-electron chi connectivity index (χ1n) is 15.4. The number of aliphatic hydroxyl groups excluding tert-OH is 1. The van der Waals surface area contributed by atoms with Crippen molar-refractivity contribution in [1.82, 2.24) is 14.5 Å². The van der Waals surface area contributed by atoms with Crippen LogP contribution in [0, 0.1) is 5.92 Å². The van der Waals surface area contributed by atoms with Crippen molar-refractivity contribution in [2.75, 3.05) is 26.4 Å². The lowest BCUT2D eigenvalue weighted by molar-refractivity contribution is 0.00578. The number of ether oxygens (including phenoxy) is 4. The molecule has 0 spiro atoms. The zero-order valence-corrected chi connectivity index (χ0v) is 28.4. The molecule has 3 aliphatic rings. The maximum Gasteiger partial charge on any atom is 0.494 e. The summed E-state index contributed by atoms with van der Waals surface area (Å²) < 4.78 is 38.3. The van der Waals surface area contributed by atoms with Gasteiger partial charge in [0.15, 0.2) is 5.65 Å². The molecule has 10 nitrogen and oxygen atoms in total. The average Bonchev–Trinajstić information content (AvgIpc) is 3.67. The number of rotatable bonds is 10. The number of benzene rings is 1. The molecular weight excluding hydrogens is 601 g/mol. The van der Waals surface area contributed by atoms with Gasteiger partial charge in [-0.15, -0.1) is 0 Å². The minimum atomic E-state index is -1.27. The number of aromatic nitrogens is 3. The highest BCUT2D eigenvalue weighted by Crippen LogP contribution is 2.37. The number of hydrogen-bond acceptors (Lipinski definition) is 9. The Labute approximate surface area is 265 Å². The number of imidazole rings is 1. The lowest BCUT2D eigenvalue weighted by Crippen LogP contribution is -2.41. The predicted octanol–water partition coefficient (Wildman–Crippen LogP) is 4.52. The van der Waals surface area contributed by atoms with Gasteiger partial charge in [-0.2, -0.15) is 4.98 Å². The lowest BCUT2D eigenvalue weighted by Gasteiger charge is -2.32. The highest BCUT2D eigenvalue weighted by Gasteiger charge is 2.51. The van der Waals surface area contributed by atoms with Crippen LogP contribution < -0.4 is 10.2 Å². The van der Waals surface area contributed by atoms with E-state index in [1.54, 1.807) is 0 Å². The molecule has 0 unspecified atom stereocenters. The third kappa shape index (κ3) is 6.32. The Hall–Kier alpha value is -2.03. The summed E-state index contributed by atoms with van der Waals surface area (Å²) in [6, 6.07) is 11.2. The summed E-state index contributed by atoms with van der Waals surface area (Å²) in [6.07, 6.45) is -1.12. The van der Waals surface area contributed by atoms with Gasteiger partial charge in [-0.25, -0.2) is 4.98 Å². The van der Waals surface area contributed by atoms with E-state index in [0.717, 1.165) is 17.1 Å². The van der Waals surface area contributed by atoms with Gasteiger partial charge in [-0.3, -0.25) is 4.57 Å². The molecular formula is C31H43BClN3O7Si. The van der Waals surface area contributed by atoms with Crippen LogP contribution in [0.4, 0.5) is 0 Å². The van der Waals surface area contributed by atoms with Crippen LogP contribution in [-0.4, -0.2) is 90.8 Å². The van der Waals surface area contributed by atoms with Crippen molar-refractivity contribution in [2.45, 2.75) is 89.6 Å². The van der Waals surface area contributed by atoms with Gasteiger partial charge < -0.3 is 33.4 Å². The van der Waals surface area contributed by atoms with Crippen LogP contribution in [0.25, 0.3) is 22.4 Å². The summed E-state index contributed by atoms with van der Waals surface area (Å²) in [5.41, 5.74) is 2.82. The molecule has 0 radical (unpaired) electrons. The van der Waals surface area contributed by atoms with Gasteiger partial charge >= 0.3 is 13.1 Å². The average molecular weight is 644 g/mol. The molecule has 0 bridgehead atoms. The van der Waals surface area contributed by atoms with Crippen LogP contribution in [0.15, 0.2) is 30.3 Å². The second kappa shape index (κ2) is 12.0. The molecule has 0 saturated carbocycles. The topological polar surface area (TPSA) is 106 Å². The van der Waals surface area contributed by atoms with E-state index in [1.165, 1.54) is 0 Å². The number of aliphatic hydroxyl groups is 1. The van der Waals surface area contributed by atoms with Crippen LogP contribution in [-0.2, 0) is 30.3 Å². The molecule has 13 heteroatoms. The summed E-state index contributed by atoms with van der Waals surface area (Å²) in [6.45, 7) is 17.1. The summed E-state index contributed by atoms with van der Waals surface area (Å²) in [5.74, 6) is -0.0205. The van der Waals surface area contributed by atoms with E-state index < -0.39 is 32.5 Å². The first kappa shape index (κ1) is 31.9. The highest BCUT2D eigenvalue weighted by molar-refractivity contribution is 6.76. The zero-order valence-electron chi connectivity index (χ0n) is 26.6. The van der Waals surface area contributed by atoms with E-state index in [2.05, 4.69) is 19.6 Å². The van der Waals surface area contributed by atoms with E-state index in [-0.39, 0.29) is 31.5 Å². The molecule has 0 aliphatic carbocycles. The Morgan fingerprint density at radius 1 is 1.02 bits per heavy atom. The van der Waals surface area contributed by atoms with Gasteiger partial charge in [0.1, 0.15) is 24.5 Å². The Balaban J connectivity index is 1.26. The largest absolute Gasteiger partial charge is 0.494 e. The molecule has 3 saturated heterocycles. The monoisotopic (exact) mass is 643 g/mol. The fourth-order valence-corrected chi connectivity index (χ4v) is 6.64. The lowest BCUT2D eigenvalue weighted by atomic mass is 9.79. The summed E-state index contributed by atoms with van der Waals surface area (Å²) in [7, 11) is -1.72. The molecule has 44 heavy (non-hydrogen) atoms. The Morgan fingerprint density at radius 2 is 1.70 bits per heavy atom. The van der Waals surface area contributed by atoms with Crippen LogP contribution in [0.5, 0.6) is 6.01 Å². The minimum Gasteiger partial charge on any atom is -0.464 e. The van der Waals surface area contributed by atoms with Gasteiger partial charge in [0.05, 0.1) is 47.8 Å². The van der Waals surface area contributed by atoms with Crippen LogP contribution >= 0.6 is 11.6 Å². The van der Waals surface area contributed by atoms with E-state index >= 15 is 0 Å². The van der Waals surface area contributed by atoms with Gasteiger partial charge in [0.25, 0.3) is 0 Å². The molecule has 5 heterocycles. The fourth-order valence-electron chi connectivity index (χ4n) is 5.63. The standard InChI is InChI=1S/C31H43BClN3O7Si/c1-30(2)31(3,4)43-32(42-30)21-10-8-19(9-11-21)25-22(33)14-23-28(35-25)36(18-38-12-13-44(5,6)7)29(34-23)41-16-20-15-39-27-24(37)17-40-26(20)27/h8-11,14,20,24,26-27,37H,12-13,15-18H2,1-7H3/t20-,24+,26+,27+/m0/s1. The van der Waals surface area contributed by atoms with Gasteiger partial charge in [-0.1, -0.05) is 55.5 Å². The molecule has 238 valence electrons. The number of fused-ring (bicyclic) bond motifs is 2. The third-order valence-corrected chi connectivity index (χ3v) is 11.1. The molecule has 2 aromatic heterocycles. The van der Waals surface area contributed by atoms with Gasteiger partial charge in [-0.05, 0) is 45.3 Å². The predicted molar refractivity (Wildman–Crippen MR) is 172 cm³/mol. The van der Waals surface area contributed by atoms with Crippen LogP contribution in [0.2, 0.25) is 30.7 Å². The molecule has 6 rings (SSSR count). The number of halogens is 1. The van der Waals surface area contributed by atoms with Gasteiger partial charge in [0.2, 0.25) is 0 Å². The summed E-state index contributed by atoms with van der Waals surface area (Å²) in [4.78, 5) is 9.73. The van der Waals surface area contributed by atoms with Crippen LogP contribution in [0.3, 0.4) is 0 Å². The first-order chi connectivity index (χ1) is 20.7. The van der Waals surface area contributed by atoms with Crippen molar-refractivity contribution in [3.63, 3.8) is 0 Å². The van der Waals surface area contributed by atoms with Crippen molar-refractivity contribution >= 4 is 43.4 Å². The normalized spacial score (nSPS) is 26.1. The molecule has 0 amide bonds. The molecule has 4 atom stereocenters. The number of hydrogen-bond donors (Lipinski definition) is 1. The van der Waals surface area contributed by atoms with E-state index in [1.807, 2.05) is 62.6 Å². The molecule has 1 aromatic carbocycles. The Bertz CT molecular complexity index is 1480. The maximum absolute atomic E-state index is 10.1. The highest BCUT2D eigenvalue weighted by atomic mass is 35.5. The number of pyridine rings is 1. The minimum absolute atomic E-state index is 0.0205. The molecule has 3 aliphatic heterocycles. The third-order valence-electron chi connectivity index (χ3n) is 9.12. The Kier molecular flexibility index (Phi) is 8.68. The van der Waals surface area contributed by atoms with Crippen molar-refractivity contribution in [2.24, 2.45) is 5.92 Å². The van der Waals surface area contributed by atoms with Crippen molar-refractivity contribution < 1.29 is 33.4 Å². The second-order valence-electron chi connectivity index (χ2n) is 14.3. The van der Waals surface area contributed by atoms with Crippen LogP contribution in [0.1, 0.15) is 27.7 Å². The summed E-state index contributed by atoms with van der Waals surface area (Å²) in [5, 5.41) is 10.6. The second-order valence-corrected chi connectivity index (χ2v) is 20.3. The van der Waals surface area contributed by atoms with E-state index in [9.17, 15) is 5.11 Å². The van der Waals surface area contributed by atoms with Crippen molar-refractivity contribution in [1.29, 1.82) is 0 Å². The van der Waals surface area contributed by atoms with E-state index in [4.69, 9.17) is 49.8 Å². The van der Waals surface area contributed by atoms with E-state index in [0.29, 0.717) is 47.7 Å². The number of nitrogens with zero attached hydrogens (tertiary/aromatic N) is 3. The fraction of sp³-hybridized carbons (Fsp3) is 0.613. The quantitative estimate of drug-likeness (QED) is 0.252. The molecule has 3 fully saturated rings. The van der Waals surface area contributed by atoms with Crippen molar-refractivity contribution in [3.8, 4) is 17.3 Å². The SMILES string of the molecule is CC1(C)OB(c2ccc(-c3nc4c(cc3Cl)nc(OC[C@@H]3CO[C@H]5[C@@H]3OC[C@H]5O)n4COCC[Si](C)(C)C)cc2)OC1(C)C. The zero-order chi connectivity index (χ0) is 31.4. The Morgan fingerprint density at radius 3 is 2.39 bits per heavy atom. The van der Waals surface area contributed by atoms with Crippen molar-refractivity contribution in [3.05, 3.63) is 35.4 Å². The van der Waals surface area contributed by atoms with Gasteiger partial charge in [0, 0.05) is 26.2 Å². The first-order valence-corrected chi connectivity index (χ1v) is 19.5. The summed E-state index contributed by atoms with van der Waals surface area (Å²) >= 11 is 6.79.